The zero-order valence-electron chi connectivity index (χ0n) is 24.7. The van der Waals surface area contributed by atoms with Crippen molar-refractivity contribution in [1.82, 2.24) is 14.7 Å². The van der Waals surface area contributed by atoms with E-state index in [0.29, 0.717) is 61.1 Å². The van der Waals surface area contributed by atoms with Gasteiger partial charge in [0.2, 0.25) is 5.91 Å². The van der Waals surface area contributed by atoms with E-state index in [1.165, 1.54) is 4.90 Å². The number of hydrogen-bond donors (Lipinski definition) is 2. The molecule has 2 aliphatic rings. The van der Waals surface area contributed by atoms with Gasteiger partial charge in [0.15, 0.2) is 0 Å². The monoisotopic (exact) mass is 644 g/mol. The van der Waals surface area contributed by atoms with Gasteiger partial charge in [0.1, 0.15) is 0 Å². The fourth-order valence-corrected chi connectivity index (χ4v) is 6.62. The van der Waals surface area contributed by atoms with Crippen LogP contribution < -0.4 is 5.32 Å². The molecule has 0 aromatic heterocycles. The first-order chi connectivity index (χ1) is 20.8. The second-order valence-corrected chi connectivity index (χ2v) is 12.4. The molecule has 242 valence electrons. The highest BCUT2D eigenvalue weighted by molar-refractivity contribution is 7.99. The number of alkyl halides is 6. The highest BCUT2D eigenvalue weighted by Crippen LogP contribution is 2.48. The molecular formula is C31H38F6N4O2S. The minimum absolute atomic E-state index is 0.0375. The smallest absolute Gasteiger partial charge is 0.395 e. The maximum absolute atomic E-state index is 14.3. The molecule has 2 aromatic rings. The van der Waals surface area contributed by atoms with Gasteiger partial charge >= 0.3 is 12.4 Å². The summed E-state index contributed by atoms with van der Waals surface area (Å²) in [4.78, 5) is 18.2. The maximum Gasteiger partial charge on any atom is 0.418 e. The fourth-order valence-electron chi connectivity index (χ4n) is 5.58. The van der Waals surface area contributed by atoms with Gasteiger partial charge in [-0.3, -0.25) is 9.69 Å². The van der Waals surface area contributed by atoms with Gasteiger partial charge in [0.25, 0.3) is 0 Å². The van der Waals surface area contributed by atoms with E-state index in [9.17, 15) is 31.1 Å². The predicted octanol–water partition coefficient (Wildman–Crippen LogP) is 6.31. The molecule has 1 amide bonds. The quantitative estimate of drug-likeness (QED) is 0.247. The van der Waals surface area contributed by atoms with Crippen molar-refractivity contribution >= 4 is 29.4 Å². The Morgan fingerprint density at radius 3 is 2.23 bits per heavy atom. The van der Waals surface area contributed by atoms with Crippen molar-refractivity contribution < 1.29 is 36.2 Å². The van der Waals surface area contributed by atoms with E-state index in [1.54, 1.807) is 24.3 Å². The number of amides is 1. The second kappa shape index (κ2) is 14.6. The van der Waals surface area contributed by atoms with Crippen LogP contribution in [-0.4, -0.2) is 90.2 Å². The van der Waals surface area contributed by atoms with E-state index in [1.807, 2.05) is 4.90 Å². The molecule has 2 N–H and O–H groups in total. The molecule has 0 atom stereocenters. The molecule has 0 unspecified atom stereocenters. The normalized spacial score (nSPS) is 18.0. The zero-order chi connectivity index (χ0) is 32.1. The Morgan fingerprint density at radius 1 is 0.977 bits per heavy atom. The average Bonchev–Trinajstić information content (AvgIpc) is 2.96. The van der Waals surface area contributed by atoms with Gasteiger partial charge in [0.05, 0.1) is 17.7 Å². The van der Waals surface area contributed by atoms with Gasteiger partial charge in [-0.1, -0.05) is 23.9 Å². The number of nitrogens with one attached hydrogen (secondary N) is 1. The van der Waals surface area contributed by atoms with Gasteiger partial charge in [0, 0.05) is 79.5 Å². The molecule has 13 heteroatoms. The molecule has 2 aromatic carbocycles. The van der Waals surface area contributed by atoms with E-state index in [2.05, 4.69) is 24.1 Å². The van der Waals surface area contributed by atoms with Crippen molar-refractivity contribution in [3.8, 4) is 0 Å². The Morgan fingerprint density at radius 2 is 1.64 bits per heavy atom. The number of carbonyl (C=O) groups excluding carboxylic acids is 1. The first-order valence-electron chi connectivity index (χ1n) is 14.7. The summed E-state index contributed by atoms with van der Waals surface area (Å²) in [6.45, 7) is 8.08. The Kier molecular flexibility index (Phi) is 11.3. The lowest BCUT2D eigenvalue weighted by Crippen LogP contribution is -2.48. The van der Waals surface area contributed by atoms with Crippen molar-refractivity contribution in [2.24, 2.45) is 0 Å². The number of aliphatic hydroxyl groups excluding tert-OH is 1. The van der Waals surface area contributed by atoms with Crippen LogP contribution >= 0.6 is 11.8 Å². The van der Waals surface area contributed by atoms with Crippen molar-refractivity contribution in [3.63, 3.8) is 0 Å². The van der Waals surface area contributed by atoms with Crippen LogP contribution in [0.15, 0.2) is 52.3 Å². The molecule has 0 aliphatic carbocycles. The summed E-state index contributed by atoms with van der Waals surface area (Å²) >= 11 is 0.622. The predicted molar refractivity (Wildman–Crippen MR) is 160 cm³/mol. The van der Waals surface area contributed by atoms with E-state index in [4.69, 9.17) is 5.11 Å². The lowest BCUT2D eigenvalue weighted by Gasteiger charge is -2.35. The lowest BCUT2D eigenvalue weighted by molar-refractivity contribution is -0.163. The Bertz CT molecular complexity index is 1300. The minimum atomic E-state index is -5.33. The standard InChI is InChI=1S/C31H38F6N4O2S/c1-21(2)40-12-10-23(11-13-40)38-24-4-3-5-25(20-24)44-26-8-6-22(28(30(32,33)34)29(26)31(35,36)37)7-9-27(43)41-16-14-39(15-17-41)18-19-42/h3-9,20-21,23,38,42H,10-19H2,1-2H3/b9-7+. The number of halogens is 6. The van der Waals surface area contributed by atoms with Gasteiger partial charge in [-0.05, 0) is 62.6 Å². The molecule has 2 heterocycles. The summed E-state index contributed by atoms with van der Waals surface area (Å²) in [6.07, 6.45) is -7.12. The number of rotatable bonds is 9. The minimum Gasteiger partial charge on any atom is -0.395 e. The Hall–Kier alpha value is -2.74. The summed E-state index contributed by atoms with van der Waals surface area (Å²) in [5.41, 5.74) is -3.64. The largest absolute Gasteiger partial charge is 0.418 e. The molecule has 0 bridgehead atoms. The summed E-state index contributed by atoms with van der Waals surface area (Å²) in [7, 11) is 0. The lowest BCUT2D eigenvalue weighted by atomic mass is 9.99. The molecule has 4 rings (SSSR count). The molecule has 0 spiro atoms. The van der Waals surface area contributed by atoms with Gasteiger partial charge in [-0.15, -0.1) is 0 Å². The topological polar surface area (TPSA) is 59.1 Å². The molecule has 0 saturated carbocycles. The molecule has 2 fully saturated rings. The summed E-state index contributed by atoms with van der Waals surface area (Å²) in [6, 6.07) is 9.32. The van der Waals surface area contributed by atoms with Crippen LogP contribution in [0.5, 0.6) is 0 Å². The van der Waals surface area contributed by atoms with Crippen LogP contribution in [0.4, 0.5) is 32.0 Å². The van der Waals surface area contributed by atoms with Crippen LogP contribution in [0.25, 0.3) is 6.08 Å². The third kappa shape index (κ3) is 8.92. The summed E-state index contributed by atoms with van der Waals surface area (Å²) in [5, 5.41) is 12.5. The molecule has 2 saturated heterocycles. The van der Waals surface area contributed by atoms with Crippen LogP contribution in [0.3, 0.4) is 0 Å². The fraction of sp³-hybridized carbons (Fsp3) is 0.516. The van der Waals surface area contributed by atoms with Crippen molar-refractivity contribution in [3.05, 3.63) is 59.2 Å². The number of β-amino-alcohol motifs (C(OH)–C–C–N with tert-alkyl or cyclic N) is 1. The van der Waals surface area contributed by atoms with Gasteiger partial charge < -0.3 is 20.2 Å². The number of piperidine rings is 1. The first-order valence-corrected chi connectivity index (χ1v) is 15.5. The van der Waals surface area contributed by atoms with Crippen LogP contribution in [0.2, 0.25) is 0 Å². The number of benzene rings is 2. The van der Waals surface area contributed by atoms with E-state index in [0.717, 1.165) is 50.2 Å². The highest BCUT2D eigenvalue weighted by atomic mass is 32.2. The van der Waals surface area contributed by atoms with E-state index in [-0.39, 0.29) is 12.6 Å². The Labute approximate surface area is 258 Å². The number of aliphatic hydroxyl groups is 1. The number of likely N-dealkylation sites (tertiary alicyclic amines) is 1. The number of anilines is 1. The number of nitrogens with zero attached hydrogens (tertiary/aromatic N) is 3. The zero-order valence-corrected chi connectivity index (χ0v) is 25.5. The first kappa shape index (κ1) is 34.1. The highest BCUT2D eigenvalue weighted by Gasteiger charge is 2.46. The molecule has 44 heavy (non-hydrogen) atoms. The SMILES string of the molecule is CC(C)N1CCC(Nc2cccc(Sc3ccc(/C=C/C(=O)N4CCN(CCO)CC4)c(C(F)(F)F)c3C(F)(F)F)c2)CC1. The number of piperazine rings is 1. The molecule has 6 nitrogen and oxygen atoms in total. The van der Waals surface area contributed by atoms with Crippen LogP contribution in [0.1, 0.15) is 43.4 Å². The third-order valence-electron chi connectivity index (χ3n) is 7.96. The summed E-state index contributed by atoms with van der Waals surface area (Å²) < 4.78 is 85.8. The molecule has 0 radical (unpaired) electrons. The maximum atomic E-state index is 14.3. The third-order valence-corrected chi connectivity index (χ3v) is 9.01. The van der Waals surface area contributed by atoms with Crippen LogP contribution in [0, 0.1) is 0 Å². The average molecular weight is 645 g/mol. The summed E-state index contributed by atoms with van der Waals surface area (Å²) in [5.74, 6) is -0.590. The van der Waals surface area contributed by atoms with Crippen molar-refractivity contribution in [2.75, 3.05) is 57.7 Å². The number of hydrogen-bond acceptors (Lipinski definition) is 6. The van der Waals surface area contributed by atoms with E-state index >= 15 is 0 Å². The van der Waals surface area contributed by atoms with Gasteiger partial charge in [-0.25, -0.2) is 0 Å². The second-order valence-electron chi connectivity index (χ2n) is 11.3. The van der Waals surface area contributed by atoms with Crippen molar-refractivity contribution in [2.45, 2.75) is 60.9 Å². The van der Waals surface area contributed by atoms with Crippen molar-refractivity contribution in [1.29, 1.82) is 0 Å². The molecular weight excluding hydrogens is 606 g/mol. The Balaban J connectivity index is 1.56. The van der Waals surface area contributed by atoms with Crippen LogP contribution in [-0.2, 0) is 17.1 Å². The van der Waals surface area contributed by atoms with E-state index < -0.39 is 39.8 Å². The van der Waals surface area contributed by atoms with Gasteiger partial charge in [-0.2, -0.15) is 26.3 Å². The number of carbonyl (C=O) groups is 1. The molecule has 2 aliphatic heterocycles.